The summed E-state index contributed by atoms with van der Waals surface area (Å²) in [4.78, 5) is 53.3. The molecule has 2 atom stereocenters. The van der Waals surface area contributed by atoms with E-state index in [1.807, 2.05) is 4.90 Å². The largest absolute Gasteiger partial charge is 0.366 e. The third-order valence-corrected chi connectivity index (χ3v) is 20.5. The number of nitrogens with one attached hydrogen (secondary N) is 4. The highest BCUT2D eigenvalue weighted by Gasteiger charge is 2.27. The fraction of sp³-hybridized carbons (Fsp3) is 0.338. The van der Waals surface area contributed by atoms with Crippen molar-refractivity contribution in [2.45, 2.75) is 101 Å². The van der Waals surface area contributed by atoms with E-state index in [1.54, 1.807) is 12.1 Å². The molecule has 0 saturated carbocycles. The molecule has 12 heterocycles. The van der Waals surface area contributed by atoms with Gasteiger partial charge in [-0.25, -0.2) is 81.8 Å². The standard InChI is InChI=1S/C18H15ClF2N6S.C18H16ClFN6S.C18H17ClN6S.C17H15Cl2F2N5S/c19-18-26-15-16(23-9-24-17(15)28-18)25-12-1-3-27(4-2-12)8-10-5-11(7-22)14(21)13(20)6-10;19-18-25-17-15(27-18)16(22-10-23-17)24-13-3-5-26(6-4-13)9-11-1-2-14(20)12(7-11)8-21;19-18-24-17-15(26-18)16(21-11-22-17)23-14-4-6-25(7-5-14)10-13-3-1-2-12(8-13)9-20;18-11-5-9(6-12(20)13(11)21)7-26-3-1-10(2-4-26)24-15-14-16(23-8-22-15)25-17(19)27-14/h5-6,9,12H,1-4,8H2,(H,23,24,25);1-2,7,10,13H,3-6,9H2,(H,22,23,24);1-3,8,11,14H,4-7,10H2,(H,21,22,23);5-6,8,10H,1-4,7H2,(H,22,23,24)/i1D2,2D2,8D,9D,12D;9D,13D;2D,3D,8D,10D2,11D,14D;7D2,8D,10D/hD4. The second kappa shape index (κ2) is 36.3. The van der Waals surface area contributed by atoms with Crippen molar-refractivity contribution in [3.05, 3.63) is 183 Å². The van der Waals surface area contributed by atoms with E-state index in [0.717, 1.165) is 90.4 Å². The van der Waals surface area contributed by atoms with Crippen LogP contribution in [0.1, 0.15) is 118 Å². The number of piperidine rings is 4. The quantitative estimate of drug-likeness (QED) is 0.0516. The Labute approximate surface area is 690 Å². The van der Waals surface area contributed by atoms with E-state index in [2.05, 4.69) is 59.8 Å². The van der Waals surface area contributed by atoms with Crippen molar-refractivity contribution in [3.8, 4) is 18.2 Å². The van der Waals surface area contributed by atoms with Gasteiger partial charge in [-0.05, 0) is 122 Å². The number of nitrogens with zero attached hydrogens (tertiary/aromatic N) is 19. The maximum absolute atomic E-state index is 14.0. The second-order valence-corrected chi connectivity index (χ2v) is 29.6. The first-order valence-electron chi connectivity index (χ1n) is 43.6. The van der Waals surface area contributed by atoms with Crippen molar-refractivity contribution in [3.63, 3.8) is 0 Å². The maximum Gasteiger partial charge on any atom is 0.186 e. The predicted octanol–water partition coefficient (Wildman–Crippen LogP) is 16.2. The molecular formula is C71H63Cl5F5N23S4. The van der Waals surface area contributed by atoms with Gasteiger partial charge in [0.2, 0.25) is 0 Å². The topological polar surface area (TPSA) is 287 Å². The number of likely N-dealkylation sites (tertiary alicyclic amines) is 4. The highest BCUT2D eigenvalue weighted by Crippen LogP contribution is 2.35. The van der Waals surface area contributed by atoms with Gasteiger partial charge < -0.3 is 21.2 Å². The first-order valence-corrected chi connectivity index (χ1v) is 36.8. The fourth-order valence-electron chi connectivity index (χ4n) is 10.6. The Morgan fingerprint density at radius 3 is 1.55 bits per heavy atom. The van der Waals surface area contributed by atoms with E-state index in [9.17, 15) is 27.2 Å². The van der Waals surface area contributed by atoms with Crippen LogP contribution in [-0.2, 0) is 26.0 Å². The van der Waals surface area contributed by atoms with Crippen molar-refractivity contribution < 1.29 is 55.0 Å². The fourth-order valence-corrected chi connectivity index (χ4v) is 14.7. The number of rotatable bonds is 16. The molecule has 4 aromatic carbocycles. The molecule has 556 valence electrons. The molecule has 23 nitrogen and oxygen atoms in total. The van der Waals surface area contributed by atoms with Crippen LogP contribution in [-0.4, -0.2) is 156 Å². The van der Waals surface area contributed by atoms with Crippen LogP contribution in [0.4, 0.5) is 45.2 Å². The molecule has 4 fully saturated rings. The molecule has 4 aliphatic rings. The molecule has 37 heteroatoms. The van der Waals surface area contributed by atoms with Crippen molar-refractivity contribution >= 4 is 168 Å². The molecule has 12 aromatic rings. The molecule has 2 unspecified atom stereocenters. The van der Waals surface area contributed by atoms with Crippen molar-refractivity contribution in [1.29, 1.82) is 15.8 Å². The SMILES string of the molecule is [2H]C(c1ccc(F)c(C#N)c1)N1CCC([2H])(N([2H])c2ncnc3nc(Cl)sc23)CC1.[2H]c1nc(N([2H])C2([2H])C([2H])([2H])CN(C([2H])c3cc(F)c(F)c(C#N)c3)CC2([2H])[2H])c2nc(Cl)sc2n1.[2H]c1nc(N([2H])C2([2H])CCN(C([2H])([2H])c3c([2H])cc([2H])c(C#N)c3[2H])CC2)c2sc(Cl)nc2n1.[2H]c1nc(N([2H])C2([2H])CCN(C([2H])([2H])c3cc(F)c(F)c(Cl)c3)CC2)c2sc(Cl)nc2n1. The van der Waals surface area contributed by atoms with Gasteiger partial charge in [-0.2, -0.15) is 15.8 Å². The smallest absolute Gasteiger partial charge is 0.186 e. The first kappa shape index (κ1) is 52.5. The zero-order chi connectivity index (χ0) is 96.7. The third-order valence-electron chi connectivity index (χ3n) is 15.7. The molecule has 0 amide bonds. The number of thiazole rings is 4. The van der Waals surface area contributed by atoms with Gasteiger partial charge in [0.15, 0.2) is 69.5 Å². The van der Waals surface area contributed by atoms with Crippen LogP contribution < -0.4 is 21.2 Å². The lowest BCUT2D eigenvalue weighted by Crippen LogP contribution is -2.38. The minimum Gasteiger partial charge on any atom is -0.366 e. The van der Waals surface area contributed by atoms with Crippen molar-refractivity contribution in [2.24, 2.45) is 0 Å². The third kappa shape index (κ3) is 20.1. The Hall–Kier alpha value is -8.63. The molecule has 16 rings (SSSR count). The van der Waals surface area contributed by atoms with Gasteiger partial charge >= 0.3 is 0 Å². The van der Waals surface area contributed by atoms with Crippen LogP contribution in [0.15, 0.2) is 91.9 Å². The minimum absolute atomic E-state index is 0.0141. The highest BCUT2D eigenvalue weighted by atomic mass is 35.5. The lowest BCUT2D eigenvalue weighted by Gasteiger charge is -2.32. The molecule has 0 bridgehead atoms. The van der Waals surface area contributed by atoms with E-state index in [4.69, 9.17) is 102 Å². The summed E-state index contributed by atoms with van der Waals surface area (Å²) in [5.74, 6) is -6.05. The Kier molecular flexibility index (Phi) is 17.6. The summed E-state index contributed by atoms with van der Waals surface area (Å²) in [6.07, 6.45) is -4.99. The summed E-state index contributed by atoms with van der Waals surface area (Å²) >= 11 is 33.5. The number of halogens is 10. The summed E-state index contributed by atoms with van der Waals surface area (Å²) < 4.78 is 273. The molecule has 4 saturated heterocycles. The number of anilines is 4. The van der Waals surface area contributed by atoms with Crippen LogP contribution in [0, 0.1) is 63.1 Å². The zero-order valence-electron chi connectivity index (χ0n) is 78.9. The highest BCUT2D eigenvalue weighted by molar-refractivity contribution is 7.23. The molecule has 8 aromatic heterocycles. The van der Waals surface area contributed by atoms with E-state index in [-0.39, 0.29) is 162 Å². The number of aromatic nitrogens is 12. The molecule has 0 aliphatic carbocycles. The Bertz CT molecular complexity index is 6550. The van der Waals surface area contributed by atoms with Gasteiger partial charge in [-0.15, -0.1) is 0 Å². The molecule has 108 heavy (non-hydrogen) atoms. The summed E-state index contributed by atoms with van der Waals surface area (Å²) in [5.41, 5.74) is -0.602. The van der Waals surface area contributed by atoms with E-state index >= 15 is 0 Å². The molecule has 4 N–H and O–H groups in total. The normalized spacial score (nSPS) is 22.0. The number of benzene rings is 4. The van der Waals surface area contributed by atoms with Gasteiger partial charge in [-0.1, -0.05) is 122 Å². The number of hydrogen-bond donors (Lipinski definition) is 4. The van der Waals surface area contributed by atoms with Crippen LogP contribution in [0.25, 0.3) is 41.4 Å². The lowest BCUT2D eigenvalue weighted by atomic mass is 10.0. The molecule has 4 aliphatic heterocycles. The Morgan fingerprint density at radius 2 is 0.972 bits per heavy atom. The molecule has 0 radical (unpaired) electrons. The average Bonchev–Trinajstić information content (AvgIpc) is 0.961. The van der Waals surface area contributed by atoms with Crippen molar-refractivity contribution in [2.75, 3.05) is 73.6 Å². The minimum atomic E-state index is -2.97. The van der Waals surface area contributed by atoms with Gasteiger partial charge in [-0.3, -0.25) is 19.6 Å². The van der Waals surface area contributed by atoms with Gasteiger partial charge in [0.25, 0.3) is 0 Å². The number of fused-ring (bicyclic) bond motifs is 4. The summed E-state index contributed by atoms with van der Waals surface area (Å²) in [5, 5.41) is 29.8. The maximum atomic E-state index is 14.0. The summed E-state index contributed by atoms with van der Waals surface area (Å²) in [6.45, 7) is -7.49. The van der Waals surface area contributed by atoms with Gasteiger partial charge in [0, 0.05) is 116 Å². The zero-order valence-corrected chi connectivity index (χ0v) is 62.0. The Morgan fingerprint density at radius 1 is 0.491 bits per heavy atom. The van der Waals surface area contributed by atoms with Crippen LogP contribution >= 0.6 is 103 Å². The average molecular weight is 1660 g/mol. The lowest BCUT2D eigenvalue weighted by molar-refractivity contribution is 0.211. The van der Waals surface area contributed by atoms with Crippen molar-refractivity contribution in [1.82, 2.24) is 79.4 Å². The van der Waals surface area contributed by atoms with E-state index in [0.29, 0.717) is 61.8 Å². The van der Waals surface area contributed by atoms with Gasteiger partial charge in [0.05, 0.1) is 37.4 Å². The predicted molar refractivity (Wildman–Crippen MR) is 413 cm³/mol. The summed E-state index contributed by atoms with van der Waals surface area (Å²) in [6, 6.07) is 5.15. The van der Waals surface area contributed by atoms with E-state index < -0.39 is 134 Å². The van der Waals surface area contributed by atoms with E-state index in [1.165, 1.54) is 40.4 Å². The van der Waals surface area contributed by atoms with Crippen LogP contribution in [0.3, 0.4) is 0 Å². The first-order chi connectivity index (χ1) is 61.7. The number of nitriles is 3. The second-order valence-electron chi connectivity index (χ2n) is 22.9. The molecular weight excluding hydrogens is 1580 g/mol. The summed E-state index contributed by atoms with van der Waals surface area (Å²) in [7, 11) is 0. The monoisotopic (exact) mass is 1660 g/mol. The Balaban J connectivity index is 0.000000150. The van der Waals surface area contributed by atoms with Gasteiger partial charge in [0.1, 0.15) is 89.2 Å². The van der Waals surface area contributed by atoms with Crippen LogP contribution in [0.5, 0.6) is 0 Å². The van der Waals surface area contributed by atoms with Crippen LogP contribution in [0.2, 0.25) is 28.5 Å². The number of hydrogen-bond acceptors (Lipinski definition) is 27. The molecule has 0 spiro atoms.